The molecule has 1 saturated carbocycles. The molecule has 0 atom stereocenters. The minimum atomic E-state index is 0.0930. The largest absolute Gasteiger partial charge is 0.497 e. The van der Waals surface area contributed by atoms with E-state index >= 15 is 0 Å². The fourth-order valence-corrected chi connectivity index (χ4v) is 5.47. The second kappa shape index (κ2) is 10.5. The smallest absolute Gasteiger partial charge is 0.253 e. The van der Waals surface area contributed by atoms with Crippen LogP contribution in [-0.4, -0.2) is 67.0 Å². The first-order valence-corrected chi connectivity index (χ1v) is 12.1. The highest BCUT2D eigenvalue weighted by Crippen LogP contribution is 2.26. The van der Waals surface area contributed by atoms with Gasteiger partial charge in [0, 0.05) is 36.7 Å². The number of methoxy groups -OCH3 is 1. The van der Waals surface area contributed by atoms with Crippen LogP contribution in [0.25, 0.3) is 0 Å². The predicted molar refractivity (Wildman–Crippen MR) is 121 cm³/mol. The molecule has 1 aromatic rings. The van der Waals surface area contributed by atoms with Gasteiger partial charge in [0.1, 0.15) is 5.75 Å². The van der Waals surface area contributed by atoms with Crippen LogP contribution < -0.4 is 10.1 Å². The lowest BCUT2D eigenvalue weighted by atomic mass is 9.91. The molecular weight excluding hydrogens is 390 g/mol. The molecule has 1 N–H and O–H groups in total. The van der Waals surface area contributed by atoms with Crippen LogP contribution in [0.3, 0.4) is 0 Å². The van der Waals surface area contributed by atoms with Crippen molar-refractivity contribution >= 4 is 11.8 Å². The van der Waals surface area contributed by atoms with E-state index < -0.39 is 0 Å². The van der Waals surface area contributed by atoms with Gasteiger partial charge < -0.3 is 19.9 Å². The Bertz CT molecular complexity index is 746. The van der Waals surface area contributed by atoms with Crippen molar-refractivity contribution in [3.05, 3.63) is 29.8 Å². The molecule has 2 amide bonds. The number of amides is 2. The Morgan fingerprint density at radius 3 is 2.32 bits per heavy atom. The highest BCUT2D eigenvalue weighted by Gasteiger charge is 2.32. The number of carbonyl (C=O) groups is 2. The molecule has 6 heteroatoms. The number of likely N-dealkylation sites (tertiary alicyclic amines) is 2. The van der Waals surface area contributed by atoms with Gasteiger partial charge in [0.15, 0.2) is 0 Å². The lowest BCUT2D eigenvalue weighted by Gasteiger charge is -2.41. The maximum absolute atomic E-state index is 12.8. The van der Waals surface area contributed by atoms with E-state index in [0.29, 0.717) is 17.6 Å². The first-order chi connectivity index (χ1) is 15.1. The van der Waals surface area contributed by atoms with Crippen LogP contribution in [0.4, 0.5) is 0 Å². The molecule has 1 aromatic carbocycles. The quantitative estimate of drug-likeness (QED) is 0.782. The van der Waals surface area contributed by atoms with Gasteiger partial charge in [0.25, 0.3) is 5.91 Å². The highest BCUT2D eigenvalue weighted by atomic mass is 16.5. The minimum absolute atomic E-state index is 0.0930. The molecule has 2 aliphatic heterocycles. The van der Waals surface area contributed by atoms with Gasteiger partial charge in [-0.1, -0.05) is 25.3 Å². The van der Waals surface area contributed by atoms with Crippen LogP contribution in [0, 0.1) is 5.92 Å². The van der Waals surface area contributed by atoms with E-state index in [1.807, 2.05) is 29.2 Å². The van der Waals surface area contributed by atoms with Crippen LogP contribution in [0.2, 0.25) is 0 Å². The van der Waals surface area contributed by atoms with E-state index in [4.69, 9.17) is 4.74 Å². The molecule has 1 aliphatic carbocycles. The topological polar surface area (TPSA) is 61.9 Å². The zero-order valence-corrected chi connectivity index (χ0v) is 18.9. The molecule has 2 saturated heterocycles. The summed E-state index contributed by atoms with van der Waals surface area (Å²) in [4.78, 5) is 30.0. The van der Waals surface area contributed by atoms with Crippen molar-refractivity contribution in [2.24, 2.45) is 5.92 Å². The number of piperidine rings is 2. The lowest BCUT2D eigenvalue weighted by Crippen LogP contribution is -2.50. The number of nitrogens with zero attached hydrogens (tertiary/aromatic N) is 2. The molecule has 0 spiro atoms. The number of nitrogens with one attached hydrogen (secondary N) is 1. The zero-order valence-electron chi connectivity index (χ0n) is 18.9. The fourth-order valence-electron chi connectivity index (χ4n) is 5.47. The molecule has 3 aliphatic rings. The molecular formula is C25H37N3O3. The van der Waals surface area contributed by atoms with Crippen molar-refractivity contribution in [1.29, 1.82) is 0 Å². The Hall–Kier alpha value is -2.08. The monoisotopic (exact) mass is 427 g/mol. The number of hydrogen-bond donors (Lipinski definition) is 1. The van der Waals surface area contributed by atoms with Crippen molar-refractivity contribution in [1.82, 2.24) is 15.1 Å². The van der Waals surface area contributed by atoms with Gasteiger partial charge in [-0.2, -0.15) is 0 Å². The van der Waals surface area contributed by atoms with Gasteiger partial charge in [-0.3, -0.25) is 9.59 Å². The van der Waals surface area contributed by atoms with Gasteiger partial charge in [-0.25, -0.2) is 0 Å². The normalized spacial score (nSPS) is 22.3. The lowest BCUT2D eigenvalue weighted by molar-refractivity contribution is -0.127. The molecule has 2 heterocycles. The van der Waals surface area contributed by atoms with Crippen molar-refractivity contribution in [2.75, 3.05) is 33.3 Å². The summed E-state index contributed by atoms with van der Waals surface area (Å²) in [6.45, 7) is 3.58. The van der Waals surface area contributed by atoms with E-state index in [9.17, 15) is 9.59 Å². The molecule has 0 radical (unpaired) electrons. The van der Waals surface area contributed by atoms with Gasteiger partial charge in [0.05, 0.1) is 7.11 Å². The number of hydrogen-bond acceptors (Lipinski definition) is 4. The first-order valence-electron chi connectivity index (χ1n) is 12.1. The average Bonchev–Trinajstić information content (AvgIpc) is 2.84. The number of rotatable bonds is 5. The van der Waals surface area contributed by atoms with Crippen LogP contribution >= 0.6 is 0 Å². The van der Waals surface area contributed by atoms with Crippen molar-refractivity contribution < 1.29 is 14.3 Å². The summed E-state index contributed by atoms with van der Waals surface area (Å²) < 4.78 is 5.25. The van der Waals surface area contributed by atoms with Crippen LogP contribution in [0.5, 0.6) is 5.75 Å². The van der Waals surface area contributed by atoms with E-state index in [0.717, 1.165) is 70.5 Å². The van der Waals surface area contributed by atoms with Crippen molar-refractivity contribution in [3.63, 3.8) is 0 Å². The Balaban J connectivity index is 1.21. The molecule has 3 fully saturated rings. The Labute approximate surface area is 186 Å². The maximum atomic E-state index is 12.8. The zero-order chi connectivity index (χ0) is 21.6. The van der Waals surface area contributed by atoms with Crippen molar-refractivity contribution in [3.8, 4) is 5.75 Å². The molecule has 0 aromatic heterocycles. The third-order valence-electron chi connectivity index (χ3n) is 7.44. The van der Waals surface area contributed by atoms with E-state index in [1.54, 1.807) is 7.11 Å². The number of ether oxygens (including phenoxy) is 1. The van der Waals surface area contributed by atoms with Crippen LogP contribution in [-0.2, 0) is 4.79 Å². The van der Waals surface area contributed by atoms with E-state index in [-0.39, 0.29) is 17.7 Å². The third-order valence-corrected chi connectivity index (χ3v) is 7.44. The summed E-state index contributed by atoms with van der Waals surface area (Å²) in [5, 5.41) is 3.31. The summed E-state index contributed by atoms with van der Waals surface area (Å²) >= 11 is 0. The average molecular weight is 428 g/mol. The standard InChI is InChI=1S/C25H37N3O3/c1-31-23-9-5-6-20(18-23)25(30)28-16-12-22(13-17-28)27-14-10-19(11-15-27)24(29)26-21-7-3-2-4-8-21/h5-6,9,18-19,21-22H,2-4,7-8,10-17H2,1H3,(H,26,29). The Morgan fingerprint density at radius 2 is 1.65 bits per heavy atom. The Morgan fingerprint density at radius 1 is 0.935 bits per heavy atom. The molecule has 6 nitrogen and oxygen atoms in total. The van der Waals surface area contributed by atoms with Crippen molar-refractivity contribution in [2.45, 2.75) is 69.9 Å². The second-order valence-electron chi connectivity index (χ2n) is 9.41. The SMILES string of the molecule is COc1cccc(C(=O)N2CCC(N3CCC(C(=O)NC4CCCCC4)CC3)CC2)c1. The number of carbonyl (C=O) groups excluding carboxylic acids is 2. The second-order valence-corrected chi connectivity index (χ2v) is 9.41. The van der Waals surface area contributed by atoms with Crippen LogP contribution in [0.15, 0.2) is 24.3 Å². The van der Waals surface area contributed by atoms with Gasteiger partial charge in [-0.15, -0.1) is 0 Å². The first kappa shape index (κ1) is 22.1. The highest BCUT2D eigenvalue weighted by molar-refractivity contribution is 5.94. The van der Waals surface area contributed by atoms with E-state index in [1.165, 1.54) is 19.3 Å². The van der Waals surface area contributed by atoms with E-state index in [2.05, 4.69) is 10.2 Å². The molecule has 0 bridgehead atoms. The van der Waals surface area contributed by atoms with Gasteiger partial charge >= 0.3 is 0 Å². The predicted octanol–water partition coefficient (Wildman–Crippen LogP) is 3.46. The molecule has 4 rings (SSSR count). The summed E-state index contributed by atoms with van der Waals surface area (Å²) in [6.07, 6.45) is 10.1. The Kier molecular flexibility index (Phi) is 7.49. The number of benzene rings is 1. The maximum Gasteiger partial charge on any atom is 0.253 e. The molecule has 31 heavy (non-hydrogen) atoms. The van der Waals surface area contributed by atoms with Gasteiger partial charge in [-0.05, 0) is 69.8 Å². The summed E-state index contributed by atoms with van der Waals surface area (Å²) in [5.41, 5.74) is 0.697. The van der Waals surface area contributed by atoms with Gasteiger partial charge in [0.2, 0.25) is 5.91 Å². The fraction of sp³-hybridized carbons (Fsp3) is 0.680. The van der Waals surface area contributed by atoms with Crippen LogP contribution in [0.1, 0.15) is 68.1 Å². The summed E-state index contributed by atoms with van der Waals surface area (Å²) in [7, 11) is 1.62. The summed E-state index contributed by atoms with van der Waals surface area (Å²) in [5.74, 6) is 1.27. The minimum Gasteiger partial charge on any atom is -0.497 e. The molecule has 170 valence electrons. The third kappa shape index (κ3) is 5.59. The summed E-state index contributed by atoms with van der Waals surface area (Å²) in [6, 6.07) is 8.34. The molecule has 0 unspecified atom stereocenters.